The Morgan fingerprint density at radius 1 is 1.00 bits per heavy atom. The van der Waals surface area contributed by atoms with Crippen LogP contribution in [-0.4, -0.2) is 61.3 Å². The molecule has 12 nitrogen and oxygen atoms in total. The summed E-state index contributed by atoms with van der Waals surface area (Å²) < 4.78 is 34.7. The highest BCUT2D eigenvalue weighted by Gasteiger charge is 2.20. The Morgan fingerprint density at radius 3 is 2.43 bits per heavy atom. The van der Waals surface area contributed by atoms with Gasteiger partial charge in [0, 0.05) is 25.2 Å². The van der Waals surface area contributed by atoms with Crippen molar-refractivity contribution in [2.45, 2.75) is 38.5 Å². The van der Waals surface area contributed by atoms with Gasteiger partial charge in [-0.3, -0.25) is 9.59 Å². The van der Waals surface area contributed by atoms with E-state index in [1.54, 1.807) is 32.9 Å². The zero-order valence-electron chi connectivity index (χ0n) is 23.6. The zero-order chi connectivity index (χ0) is 30.9. The van der Waals surface area contributed by atoms with Crippen LogP contribution in [0.3, 0.4) is 0 Å². The molecular formula is C28H32ClN5O7S. The van der Waals surface area contributed by atoms with Gasteiger partial charge < -0.3 is 25.4 Å². The van der Waals surface area contributed by atoms with Crippen molar-refractivity contribution in [2.75, 3.05) is 30.0 Å². The summed E-state index contributed by atoms with van der Waals surface area (Å²) in [6.45, 7) is 5.61. The zero-order valence-corrected chi connectivity index (χ0v) is 25.1. The van der Waals surface area contributed by atoms with Gasteiger partial charge in [-0.2, -0.15) is 0 Å². The SMILES string of the molecule is CC(C)(C)OC(=O)NCCCOc1cc(CS(C)(=O)=O)ccc1C(=O)Nc1cccnc1C(=O)Nc1ccc(Cl)cn1. The lowest BCUT2D eigenvalue weighted by molar-refractivity contribution is 0.0525. The molecule has 0 aliphatic rings. The number of pyridine rings is 2. The number of benzene rings is 1. The van der Waals surface area contributed by atoms with Crippen LogP contribution in [0.15, 0.2) is 54.9 Å². The Kier molecular flexibility index (Phi) is 10.8. The molecule has 3 rings (SSSR count). The number of carbonyl (C=O) groups excluding carboxylic acids is 3. The van der Waals surface area contributed by atoms with Gasteiger partial charge in [0.2, 0.25) is 0 Å². The van der Waals surface area contributed by atoms with Crippen molar-refractivity contribution in [1.82, 2.24) is 15.3 Å². The number of anilines is 2. The molecule has 0 atom stereocenters. The van der Waals surface area contributed by atoms with Crippen molar-refractivity contribution < 1.29 is 32.3 Å². The highest BCUT2D eigenvalue weighted by molar-refractivity contribution is 7.89. The van der Waals surface area contributed by atoms with E-state index in [2.05, 4.69) is 25.9 Å². The van der Waals surface area contributed by atoms with Crippen LogP contribution in [0.2, 0.25) is 5.02 Å². The van der Waals surface area contributed by atoms with Crippen molar-refractivity contribution in [2.24, 2.45) is 0 Å². The molecule has 3 aromatic rings. The second kappa shape index (κ2) is 14.1. The fourth-order valence-corrected chi connectivity index (χ4v) is 4.42. The maximum Gasteiger partial charge on any atom is 0.407 e. The Labute approximate surface area is 249 Å². The first-order chi connectivity index (χ1) is 19.7. The molecule has 0 saturated carbocycles. The van der Waals surface area contributed by atoms with Crippen LogP contribution >= 0.6 is 11.6 Å². The molecule has 0 spiro atoms. The molecule has 0 saturated heterocycles. The molecule has 42 heavy (non-hydrogen) atoms. The number of ether oxygens (including phenoxy) is 2. The van der Waals surface area contributed by atoms with E-state index in [4.69, 9.17) is 21.1 Å². The first kappa shape index (κ1) is 32.3. The summed E-state index contributed by atoms with van der Waals surface area (Å²) in [7, 11) is -3.36. The minimum Gasteiger partial charge on any atom is -0.493 e. The first-order valence-electron chi connectivity index (χ1n) is 12.8. The fraction of sp³-hybridized carbons (Fsp3) is 0.321. The van der Waals surface area contributed by atoms with Gasteiger partial charge in [0.1, 0.15) is 17.2 Å². The molecule has 0 aliphatic heterocycles. The van der Waals surface area contributed by atoms with Gasteiger partial charge in [-0.1, -0.05) is 17.7 Å². The van der Waals surface area contributed by atoms with Crippen LogP contribution in [0, 0.1) is 0 Å². The number of hydrogen-bond donors (Lipinski definition) is 3. The first-order valence-corrected chi connectivity index (χ1v) is 15.2. The fourth-order valence-electron chi connectivity index (χ4n) is 3.53. The van der Waals surface area contributed by atoms with Crippen LogP contribution < -0.4 is 20.7 Å². The summed E-state index contributed by atoms with van der Waals surface area (Å²) >= 11 is 5.84. The summed E-state index contributed by atoms with van der Waals surface area (Å²) in [5, 5.41) is 8.29. The average Bonchev–Trinajstić information content (AvgIpc) is 2.88. The number of nitrogens with one attached hydrogen (secondary N) is 3. The minimum absolute atomic E-state index is 0.0630. The summed E-state index contributed by atoms with van der Waals surface area (Å²) in [6.07, 6.45) is 3.69. The molecule has 1 aromatic carbocycles. The lowest BCUT2D eigenvalue weighted by atomic mass is 10.1. The van der Waals surface area contributed by atoms with Crippen molar-refractivity contribution in [3.8, 4) is 5.75 Å². The van der Waals surface area contributed by atoms with Crippen LogP contribution in [0.4, 0.5) is 16.3 Å². The van der Waals surface area contributed by atoms with E-state index in [-0.39, 0.29) is 47.4 Å². The van der Waals surface area contributed by atoms with Gasteiger partial charge in [-0.25, -0.2) is 23.2 Å². The van der Waals surface area contributed by atoms with Gasteiger partial charge in [-0.15, -0.1) is 0 Å². The number of carbonyl (C=O) groups is 3. The molecule has 3 amide bonds. The van der Waals surface area contributed by atoms with Crippen molar-refractivity contribution in [3.63, 3.8) is 0 Å². The molecule has 14 heteroatoms. The smallest absolute Gasteiger partial charge is 0.407 e. The summed E-state index contributed by atoms with van der Waals surface area (Å²) in [4.78, 5) is 46.2. The van der Waals surface area contributed by atoms with E-state index < -0.39 is 33.3 Å². The third-order valence-corrected chi connectivity index (χ3v) is 6.29. The topological polar surface area (TPSA) is 166 Å². The van der Waals surface area contributed by atoms with Gasteiger partial charge in [0.05, 0.1) is 28.6 Å². The highest BCUT2D eigenvalue weighted by Crippen LogP contribution is 2.25. The predicted octanol–water partition coefficient (Wildman–Crippen LogP) is 4.47. The number of rotatable bonds is 11. The van der Waals surface area contributed by atoms with E-state index in [9.17, 15) is 22.8 Å². The van der Waals surface area contributed by atoms with Crippen molar-refractivity contribution in [1.29, 1.82) is 0 Å². The molecule has 0 fully saturated rings. The predicted molar refractivity (Wildman–Crippen MR) is 159 cm³/mol. The summed E-state index contributed by atoms with van der Waals surface area (Å²) in [6, 6.07) is 10.6. The average molecular weight is 618 g/mol. The Morgan fingerprint density at radius 2 is 1.76 bits per heavy atom. The van der Waals surface area contributed by atoms with Gasteiger partial charge in [0.15, 0.2) is 15.5 Å². The largest absolute Gasteiger partial charge is 0.493 e. The molecule has 224 valence electrons. The second-order valence-corrected chi connectivity index (χ2v) is 12.8. The molecule has 2 aromatic heterocycles. The standard InChI is InChI=1S/C28H32ClN5O7S/c1-28(2,3)41-27(37)31-13-6-14-40-22-15-18(17-42(4,38)39)8-10-20(22)25(35)33-21-7-5-12-30-24(21)26(36)34-23-11-9-19(29)16-32-23/h5,7-12,15-16H,6,13-14,17H2,1-4H3,(H,31,37)(H,33,35)(H,32,34,36). The van der Waals surface area contributed by atoms with E-state index in [1.807, 2.05) is 0 Å². The van der Waals surface area contributed by atoms with Gasteiger partial charge in [0.25, 0.3) is 11.8 Å². The molecule has 0 bridgehead atoms. The number of halogens is 1. The summed E-state index contributed by atoms with van der Waals surface area (Å²) in [5.41, 5.74) is -0.0480. The van der Waals surface area contributed by atoms with Gasteiger partial charge >= 0.3 is 6.09 Å². The van der Waals surface area contributed by atoms with Crippen LogP contribution in [0.1, 0.15) is 53.6 Å². The molecular weight excluding hydrogens is 586 g/mol. The Hall–Kier alpha value is -4.23. The second-order valence-electron chi connectivity index (χ2n) is 10.2. The molecule has 2 heterocycles. The highest BCUT2D eigenvalue weighted by atomic mass is 35.5. The van der Waals surface area contributed by atoms with Crippen LogP contribution in [0.5, 0.6) is 5.75 Å². The van der Waals surface area contributed by atoms with Crippen molar-refractivity contribution >= 4 is 50.9 Å². The number of sulfone groups is 1. The van der Waals surface area contributed by atoms with Gasteiger partial charge in [-0.05, 0) is 69.2 Å². The third-order valence-electron chi connectivity index (χ3n) is 5.21. The minimum atomic E-state index is -3.36. The number of aromatic nitrogens is 2. The maximum absolute atomic E-state index is 13.3. The Balaban J connectivity index is 1.75. The van der Waals surface area contributed by atoms with E-state index in [0.29, 0.717) is 17.0 Å². The van der Waals surface area contributed by atoms with Crippen LogP contribution in [-0.2, 0) is 20.3 Å². The molecule has 0 radical (unpaired) electrons. The number of amides is 3. The molecule has 0 unspecified atom stereocenters. The van der Waals surface area contributed by atoms with E-state index in [0.717, 1.165) is 6.26 Å². The van der Waals surface area contributed by atoms with Crippen molar-refractivity contribution in [3.05, 3.63) is 76.7 Å². The van der Waals surface area contributed by atoms with E-state index >= 15 is 0 Å². The molecule has 0 aliphatic carbocycles. The van der Waals surface area contributed by atoms with E-state index in [1.165, 1.54) is 42.7 Å². The Bertz CT molecular complexity index is 1540. The lowest BCUT2D eigenvalue weighted by Crippen LogP contribution is -2.33. The maximum atomic E-state index is 13.3. The number of alkyl carbamates (subject to hydrolysis) is 1. The normalized spacial score (nSPS) is 11.4. The summed E-state index contributed by atoms with van der Waals surface area (Å²) in [5.74, 6) is -1.11. The van der Waals surface area contributed by atoms with Crippen LogP contribution in [0.25, 0.3) is 0 Å². The lowest BCUT2D eigenvalue weighted by Gasteiger charge is -2.19. The third kappa shape index (κ3) is 10.6. The number of hydrogen-bond acceptors (Lipinski definition) is 9. The number of nitrogens with zero attached hydrogens (tertiary/aromatic N) is 2. The monoisotopic (exact) mass is 617 g/mol. The quantitative estimate of drug-likeness (QED) is 0.263. The molecule has 3 N–H and O–H groups in total.